The lowest BCUT2D eigenvalue weighted by Gasteiger charge is -2.11. The molecule has 22 heavy (non-hydrogen) atoms. The second-order valence-corrected chi connectivity index (χ2v) is 4.76. The zero-order valence-corrected chi connectivity index (χ0v) is 11.8. The van der Waals surface area contributed by atoms with Crippen LogP contribution in [0.15, 0.2) is 78.9 Å². The topological polar surface area (TPSA) is 46.5 Å². The average molecular weight is 290 g/mol. The molecule has 3 rings (SSSR count). The van der Waals surface area contributed by atoms with Crippen molar-refractivity contribution in [2.75, 3.05) is 0 Å². The van der Waals surface area contributed by atoms with Gasteiger partial charge in [-0.3, -0.25) is 4.79 Å². The van der Waals surface area contributed by atoms with Crippen molar-refractivity contribution in [3.05, 3.63) is 90.0 Å². The Morgan fingerprint density at radius 3 is 2.05 bits per heavy atom. The van der Waals surface area contributed by atoms with Crippen molar-refractivity contribution in [2.24, 2.45) is 0 Å². The third-order valence-corrected chi connectivity index (χ3v) is 3.25. The quantitative estimate of drug-likeness (QED) is 0.724. The number of hydrogen-bond acceptors (Lipinski definition) is 3. The third kappa shape index (κ3) is 2.83. The first-order valence-corrected chi connectivity index (χ1v) is 6.90. The summed E-state index contributed by atoms with van der Waals surface area (Å²) in [6.07, 6.45) is 0. The number of para-hydroxylation sites is 3. The van der Waals surface area contributed by atoms with E-state index in [9.17, 15) is 9.90 Å². The summed E-state index contributed by atoms with van der Waals surface area (Å²) in [6.45, 7) is 0. The van der Waals surface area contributed by atoms with Gasteiger partial charge in [-0.2, -0.15) is 0 Å². The first kappa shape index (κ1) is 13.9. The fourth-order valence-corrected chi connectivity index (χ4v) is 2.15. The summed E-state index contributed by atoms with van der Waals surface area (Å²) in [5.74, 6) is 0.643. The van der Waals surface area contributed by atoms with Crippen molar-refractivity contribution in [3.63, 3.8) is 0 Å². The molecule has 3 aromatic carbocycles. The number of benzene rings is 3. The molecule has 0 aliphatic carbocycles. The molecular formula is C19H14O3. The molecule has 3 heteroatoms. The molecule has 0 radical (unpaired) electrons. The van der Waals surface area contributed by atoms with Crippen molar-refractivity contribution in [3.8, 4) is 17.2 Å². The van der Waals surface area contributed by atoms with Gasteiger partial charge >= 0.3 is 0 Å². The van der Waals surface area contributed by atoms with Crippen molar-refractivity contribution < 1.29 is 14.6 Å². The van der Waals surface area contributed by atoms with E-state index in [1.54, 1.807) is 54.6 Å². The summed E-state index contributed by atoms with van der Waals surface area (Å²) >= 11 is 0. The van der Waals surface area contributed by atoms with Gasteiger partial charge in [0, 0.05) is 5.56 Å². The number of carbonyl (C=O) groups is 1. The van der Waals surface area contributed by atoms with E-state index in [0.29, 0.717) is 22.6 Å². The van der Waals surface area contributed by atoms with E-state index >= 15 is 0 Å². The van der Waals surface area contributed by atoms with E-state index in [-0.39, 0.29) is 11.5 Å². The van der Waals surface area contributed by atoms with Crippen LogP contribution in [0.25, 0.3) is 0 Å². The molecule has 0 aromatic heterocycles. The van der Waals surface area contributed by atoms with Gasteiger partial charge in [0.2, 0.25) is 0 Å². The Morgan fingerprint density at radius 2 is 1.32 bits per heavy atom. The van der Waals surface area contributed by atoms with Crippen LogP contribution in [0.2, 0.25) is 0 Å². The van der Waals surface area contributed by atoms with Gasteiger partial charge in [-0.15, -0.1) is 0 Å². The molecule has 0 bridgehead atoms. The van der Waals surface area contributed by atoms with Gasteiger partial charge in [0.05, 0.1) is 5.56 Å². The number of phenolic OH excluding ortho intramolecular Hbond substituents is 1. The van der Waals surface area contributed by atoms with Crippen LogP contribution < -0.4 is 4.74 Å². The fraction of sp³-hybridized carbons (Fsp3) is 0. The molecule has 0 saturated heterocycles. The van der Waals surface area contributed by atoms with E-state index in [2.05, 4.69) is 0 Å². The van der Waals surface area contributed by atoms with Crippen LogP contribution in [0.1, 0.15) is 15.9 Å². The van der Waals surface area contributed by atoms with Gasteiger partial charge in [-0.1, -0.05) is 54.6 Å². The monoisotopic (exact) mass is 290 g/mol. The molecule has 108 valence electrons. The summed E-state index contributed by atoms with van der Waals surface area (Å²) in [7, 11) is 0. The molecule has 1 N–H and O–H groups in total. The summed E-state index contributed by atoms with van der Waals surface area (Å²) in [6, 6.07) is 22.7. The number of aromatic hydroxyl groups is 1. The van der Waals surface area contributed by atoms with E-state index in [4.69, 9.17) is 4.74 Å². The smallest absolute Gasteiger partial charge is 0.196 e. The maximum atomic E-state index is 12.6. The number of hydrogen-bond donors (Lipinski definition) is 1. The predicted molar refractivity (Wildman–Crippen MR) is 84.5 cm³/mol. The molecule has 0 unspecified atom stereocenters. The van der Waals surface area contributed by atoms with Gasteiger partial charge in [0.15, 0.2) is 17.3 Å². The highest BCUT2D eigenvalue weighted by molar-refractivity contribution is 6.10. The molecule has 0 aliphatic heterocycles. The maximum Gasteiger partial charge on any atom is 0.196 e. The zero-order chi connectivity index (χ0) is 15.4. The molecule has 0 saturated carbocycles. The Bertz CT molecular complexity index is 795. The number of carbonyl (C=O) groups excluding carboxylic acids is 1. The van der Waals surface area contributed by atoms with Crippen molar-refractivity contribution in [1.29, 1.82) is 0 Å². The van der Waals surface area contributed by atoms with Crippen LogP contribution in [-0.4, -0.2) is 10.9 Å². The molecule has 3 aromatic rings. The zero-order valence-electron chi connectivity index (χ0n) is 11.8. The first-order valence-electron chi connectivity index (χ1n) is 6.90. The van der Waals surface area contributed by atoms with Gasteiger partial charge in [0.25, 0.3) is 0 Å². The lowest BCUT2D eigenvalue weighted by atomic mass is 10.0. The molecule has 0 spiro atoms. The first-order chi connectivity index (χ1) is 10.8. The van der Waals surface area contributed by atoms with Crippen molar-refractivity contribution in [2.45, 2.75) is 0 Å². The predicted octanol–water partition coefficient (Wildman–Crippen LogP) is 4.42. The maximum absolute atomic E-state index is 12.6. The van der Waals surface area contributed by atoms with Gasteiger partial charge < -0.3 is 9.84 Å². The highest BCUT2D eigenvalue weighted by Gasteiger charge is 2.15. The van der Waals surface area contributed by atoms with Crippen LogP contribution in [0, 0.1) is 0 Å². The van der Waals surface area contributed by atoms with Crippen LogP contribution in [0.5, 0.6) is 17.2 Å². The van der Waals surface area contributed by atoms with E-state index in [0.717, 1.165) is 0 Å². The van der Waals surface area contributed by atoms with Crippen LogP contribution in [0.3, 0.4) is 0 Å². The molecule has 0 fully saturated rings. The Morgan fingerprint density at radius 1 is 0.727 bits per heavy atom. The van der Waals surface area contributed by atoms with Crippen LogP contribution in [0.4, 0.5) is 0 Å². The second kappa shape index (κ2) is 6.14. The molecule has 0 aliphatic rings. The van der Waals surface area contributed by atoms with Crippen LogP contribution in [-0.2, 0) is 0 Å². The normalized spacial score (nSPS) is 10.2. The molecule has 0 atom stereocenters. The molecule has 3 nitrogen and oxygen atoms in total. The lowest BCUT2D eigenvalue weighted by Crippen LogP contribution is -2.03. The van der Waals surface area contributed by atoms with Crippen molar-refractivity contribution >= 4 is 5.78 Å². The minimum Gasteiger partial charge on any atom is -0.504 e. The Labute approximate surface area is 128 Å². The average Bonchev–Trinajstić information content (AvgIpc) is 2.58. The van der Waals surface area contributed by atoms with Crippen molar-refractivity contribution in [1.82, 2.24) is 0 Å². The number of phenols is 1. The van der Waals surface area contributed by atoms with Crippen LogP contribution >= 0.6 is 0 Å². The van der Waals surface area contributed by atoms with Gasteiger partial charge in [0.1, 0.15) is 5.75 Å². The van der Waals surface area contributed by atoms with E-state index < -0.39 is 0 Å². The Kier molecular flexibility index (Phi) is 3.88. The Hall–Kier alpha value is -3.07. The minimum atomic E-state index is -0.119. The summed E-state index contributed by atoms with van der Waals surface area (Å²) in [5.41, 5.74) is 1.05. The van der Waals surface area contributed by atoms with E-state index in [1.807, 2.05) is 18.2 Å². The fourth-order valence-electron chi connectivity index (χ4n) is 2.15. The highest BCUT2D eigenvalue weighted by atomic mass is 16.5. The Balaban J connectivity index is 1.97. The largest absolute Gasteiger partial charge is 0.504 e. The SMILES string of the molecule is O=C(c1ccccc1)c1ccccc1Oc1ccccc1O. The summed E-state index contributed by atoms with van der Waals surface area (Å²) in [4.78, 5) is 12.6. The minimum absolute atomic E-state index is 0.0319. The molecule has 0 amide bonds. The van der Waals surface area contributed by atoms with E-state index in [1.165, 1.54) is 6.07 Å². The third-order valence-electron chi connectivity index (χ3n) is 3.25. The number of ether oxygens (including phenoxy) is 1. The number of ketones is 1. The highest BCUT2D eigenvalue weighted by Crippen LogP contribution is 2.32. The molecular weight excluding hydrogens is 276 g/mol. The summed E-state index contributed by atoms with van der Waals surface area (Å²) < 4.78 is 5.71. The standard InChI is InChI=1S/C19H14O3/c20-16-11-5-7-13-18(16)22-17-12-6-4-10-15(17)19(21)14-8-2-1-3-9-14/h1-13,20H. The van der Waals surface area contributed by atoms with Gasteiger partial charge in [-0.25, -0.2) is 0 Å². The second-order valence-electron chi connectivity index (χ2n) is 4.76. The van der Waals surface area contributed by atoms with Gasteiger partial charge in [-0.05, 0) is 24.3 Å². The lowest BCUT2D eigenvalue weighted by molar-refractivity contribution is 0.103. The number of rotatable bonds is 4. The summed E-state index contributed by atoms with van der Waals surface area (Å²) in [5, 5.41) is 9.81. The molecule has 0 heterocycles.